The van der Waals surface area contributed by atoms with Crippen molar-refractivity contribution in [2.24, 2.45) is 7.05 Å². The number of fused-ring (bicyclic) bond motifs is 2. The van der Waals surface area contributed by atoms with Gasteiger partial charge in [-0.2, -0.15) is 0 Å². The molecular weight excluding hydrogens is 444 g/mol. The van der Waals surface area contributed by atoms with Crippen molar-refractivity contribution in [2.75, 3.05) is 0 Å². The molecule has 1 atom stereocenters. The van der Waals surface area contributed by atoms with Gasteiger partial charge in [-0.25, -0.2) is 14.8 Å². The molecule has 4 aromatic rings. The van der Waals surface area contributed by atoms with E-state index in [0.717, 1.165) is 26.0 Å². The predicted molar refractivity (Wildman–Crippen MR) is 116 cm³/mol. The predicted octanol–water partition coefficient (Wildman–Crippen LogP) is 3.12. The third-order valence-electron chi connectivity index (χ3n) is 4.73. The van der Waals surface area contributed by atoms with Crippen LogP contribution >= 0.6 is 34.7 Å². The molecule has 5 rings (SSSR count). The van der Waals surface area contributed by atoms with Gasteiger partial charge in [0.2, 0.25) is 5.16 Å². The smallest absolute Gasteiger partial charge is 0.303 e. The Kier molecular flexibility index (Phi) is 4.69. The van der Waals surface area contributed by atoms with E-state index in [1.54, 1.807) is 19.3 Å². The normalized spacial score (nSPS) is 14.9. The Morgan fingerprint density at radius 2 is 2.10 bits per heavy atom. The van der Waals surface area contributed by atoms with E-state index in [9.17, 15) is 9.59 Å². The number of aromatic amines is 2. The maximum atomic E-state index is 12.8. The first-order valence-corrected chi connectivity index (χ1v) is 10.8. The van der Waals surface area contributed by atoms with Crippen molar-refractivity contribution in [3.8, 4) is 0 Å². The number of halogens is 1. The second-order valence-electron chi connectivity index (χ2n) is 6.61. The van der Waals surface area contributed by atoms with Crippen molar-refractivity contribution in [1.82, 2.24) is 29.7 Å². The number of hydrogen-bond acceptors (Lipinski definition) is 7. The molecule has 3 heterocycles. The van der Waals surface area contributed by atoms with Gasteiger partial charge in [-0.3, -0.25) is 14.9 Å². The first-order valence-electron chi connectivity index (χ1n) is 8.81. The van der Waals surface area contributed by atoms with Crippen LogP contribution in [0.3, 0.4) is 0 Å². The number of aryl methyl sites for hydroxylation is 1. The van der Waals surface area contributed by atoms with Crippen LogP contribution in [0.5, 0.6) is 0 Å². The molecule has 0 fully saturated rings. The molecule has 1 aliphatic carbocycles. The zero-order valence-corrected chi connectivity index (χ0v) is 17.8. The van der Waals surface area contributed by atoms with Gasteiger partial charge < -0.3 is 4.57 Å². The number of rotatable bonds is 3. The molecule has 3 aromatic heterocycles. The Morgan fingerprint density at radius 3 is 2.90 bits per heavy atom. The summed E-state index contributed by atoms with van der Waals surface area (Å²) in [6.45, 7) is 0. The summed E-state index contributed by atoms with van der Waals surface area (Å²) in [4.78, 5) is 36.9. The zero-order chi connectivity index (χ0) is 20.8. The number of benzene rings is 1. The van der Waals surface area contributed by atoms with Crippen LogP contribution in [0, 0.1) is 0 Å². The molecule has 0 amide bonds. The van der Waals surface area contributed by atoms with Crippen molar-refractivity contribution in [2.45, 2.75) is 15.4 Å². The molecule has 0 bridgehead atoms. The lowest BCUT2D eigenvalue weighted by molar-refractivity contribution is 0.759. The molecule has 0 saturated heterocycles. The Balaban J connectivity index is 1.73. The van der Waals surface area contributed by atoms with Crippen LogP contribution in [-0.4, -0.2) is 29.7 Å². The van der Waals surface area contributed by atoms with Gasteiger partial charge >= 0.3 is 5.69 Å². The lowest BCUT2D eigenvalue weighted by Crippen LogP contribution is -2.31. The van der Waals surface area contributed by atoms with Gasteiger partial charge in [0, 0.05) is 23.8 Å². The molecule has 0 aliphatic heterocycles. The summed E-state index contributed by atoms with van der Waals surface area (Å²) < 4.78 is 2.12. The van der Waals surface area contributed by atoms with Crippen LogP contribution in [0.4, 0.5) is 0 Å². The fraction of sp³-hybridized carbons (Fsp3) is 0.105. The van der Waals surface area contributed by atoms with Gasteiger partial charge in [0.25, 0.3) is 5.56 Å². The number of thiazole rings is 1. The maximum absolute atomic E-state index is 12.8. The van der Waals surface area contributed by atoms with Crippen LogP contribution in [0.2, 0.25) is 5.02 Å². The highest BCUT2D eigenvalue weighted by molar-refractivity contribution is 8.00. The molecule has 2 N–H and O–H groups in total. The van der Waals surface area contributed by atoms with Crippen LogP contribution < -0.4 is 11.2 Å². The lowest BCUT2D eigenvalue weighted by Gasteiger charge is -2.18. The van der Waals surface area contributed by atoms with Crippen molar-refractivity contribution in [3.05, 3.63) is 83.8 Å². The average molecular weight is 457 g/mol. The van der Waals surface area contributed by atoms with Gasteiger partial charge in [0.1, 0.15) is 6.33 Å². The Hall–Kier alpha value is -2.95. The number of H-pyrrole nitrogens is 2. The van der Waals surface area contributed by atoms with Crippen LogP contribution in [0.15, 0.2) is 49.8 Å². The molecule has 11 heteroatoms. The number of nitrogens with one attached hydrogen (secondary N) is 2. The van der Waals surface area contributed by atoms with Gasteiger partial charge in [-0.1, -0.05) is 23.7 Å². The van der Waals surface area contributed by atoms with Crippen molar-refractivity contribution in [3.63, 3.8) is 0 Å². The fourth-order valence-corrected chi connectivity index (χ4v) is 5.47. The van der Waals surface area contributed by atoms with Gasteiger partial charge in [-0.15, -0.1) is 16.4 Å². The van der Waals surface area contributed by atoms with E-state index >= 15 is 0 Å². The van der Waals surface area contributed by atoms with Gasteiger partial charge in [-0.05, 0) is 41.1 Å². The lowest BCUT2D eigenvalue weighted by atomic mass is 9.87. The number of hydrogen-bond donors (Lipinski definition) is 2. The molecular formula is C19H13ClN6O2S2. The Morgan fingerprint density at radius 1 is 1.23 bits per heavy atom. The Bertz CT molecular complexity index is 1400. The molecule has 1 aliphatic rings. The Labute approximate surface area is 182 Å². The molecule has 0 saturated carbocycles. The number of nitrogens with zero attached hydrogens (tertiary/aromatic N) is 4. The minimum absolute atomic E-state index is 0.436. The van der Waals surface area contributed by atoms with Crippen molar-refractivity contribution < 1.29 is 0 Å². The van der Waals surface area contributed by atoms with Crippen LogP contribution in [-0.2, 0) is 7.05 Å². The van der Waals surface area contributed by atoms with E-state index in [0.29, 0.717) is 15.7 Å². The summed E-state index contributed by atoms with van der Waals surface area (Å²) in [5.74, 6) is -0.462. The maximum Gasteiger partial charge on any atom is 0.328 e. The standard InChI is InChI=1S/C19H13ClN6O2S2/c1-26-7-12(16(27)24-18(26)28)14-11-4-3-10(20)6-9(11)2-5-13-15(14)23-19(29-13)30-17-21-8-22-25-17/h2-8,14H,1H3,(H,21,22,25)(H,24,27,28). The van der Waals surface area contributed by atoms with Crippen molar-refractivity contribution in [1.29, 1.82) is 0 Å². The topological polar surface area (TPSA) is 109 Å². The molecule has 30 heavy (non-hydrogen) atoms. The monoisotopic (exact) mass is 456 g/mol. The third-order valence-corrected chi connectivity index (χ3v) is 6.94. The summed E-state index contributed by atoms with van der Waals surface area (Å²) >= 11 is 9.04. The largest absolute Gasteiger partial charge is 0.328 e. The molecule has 1 unspecified atom stereocenters. The number of aromatic nitrogens is 6. The van der Waals surface area contributed by atoms with Gasteiger partial charge in [0.05, 0.1) is 16.5 Å². The minimum Gasteiger partial charge on any atom is -0.303 e. The van der Waals surface area contributed by atoms with E-state index in [4.69, 9.17) is 16.6 Å². The highest BCUT2D eigenvalue weighted by Crippen LogP contribution is 2.42. The molecule has 8 nitrogen and oxygen atoms in total. The average Bonchev–Trinajstić information content (AvgIpc) is 3.33. The molecule has 150 valence electrons. The SMILES string of the molecule is Cn1cc(C2c3ccc(Cl)cc3C=Cc3sc(Sc4nc[nH]n4)nc32)c(=O)[nH]c1=O. The zero-order valence-electron chi connectivity index (χ0n) is 15.4. The van der Waals surface area contributed by atoms with E-state index in [2.05, 4.69) is 20.2 Å². The van der Waals surface area contributed by atoms with E-state index < -0.39 is 17.2 Å². The summed E-state index contributed by atoms with van der Waals surface area (Å²) in [5.41, 5.74) is 2.05. The fourth-order valence-electron chi connectivity index (χ4n) is 3.39. The van der Waals surface area contributed by atoms with Crippen LogP contribution in [0.1, 0.15) is 33.2 Å². The first-order chi connectivity index (χ1) is 14.5. The van der Waals surface area contributed by atoms with Crippen molar-refractivity contribution >= 4 is 46.9 Å². The second kappa shape index (κ2) is 7.38. The molecule has 0 spiro atoms. The van der Waals surface area contributed by atoms with E-state index in [-0.39, 0.29) is 0 Å². The summed E-state index contributed by atoms with van der Waals surface area (Å²) in [5, 5.41) is 7.91. The highest BCUT2D eigenvalue weighted by Gasteiger charge is 2.30. The van der Waals surface area contributed by atoms with E-state index in [1.807, 2.05) is 24.3 Å². The third kappa shape index (κ3) is 3.32. The molecule has 0 radical (unpaired) electrons. The van der Waals surface area contributed by atoms with E-state index in [1.165, 1.54) is 34.0 Å². The summed E-state index contributed by atoms with van der Waals surface area (Å²) in [6, 6.07) is 5.54. The quantitative estimate of drug-likeness (QED) is 0.431. The second-order valence-corrected chi connectivity index (χ2v) is 9.29. The summed E-state index contributed by atoms with van der Waals surface area (Å²) in [7, 11) is 1.60. The molecule has 1 aromatic carbocycles. The van der Waals surface area contributed by atoms with Crippen LogP contribution in [0.25, 0.3) is 12.2 Å². The highest BCUT2D eigenvalue weighted by atomic mass is 35.5. The first kappa shape index (κ1) is 19.0. The minimum atomic E-state index is -0.467. The summed E-state index contributed by atoms with van der Waals surface area (Å²) in [6.07, 6.45) is 7.02. The van der Waals surface area contributed by atoms with Gasteiger partial charge in [0.15, 0.2) is 4.34 Å².